The van der Waals surface area contributed by atoms with Crippen molar-refractivity contribution in [1.82, 2.24) is 19.1 Å². The monoisotopic (exact) mass is 355 g/mol. The Hall–Kier alpha value is -2.67. The number of benzene rings is 1. The maximum absolute atomic E-state index is 13.4. The second kappa shape index (κ2) is 7.29. The highest BCUT2D eigenvalue weighted by Crippen LogP contribution is 2.17. The summed E-state index contributed by atoms with van der Waals surface area (Å²) < 4.78 is 16.5. The van der Waals surface area contributed by atoms with E-state index in [4.69, 9.17) is 0 Å². The summed E-state index contributed by atoms with van der Waals surface area (Å²) >= 11 is 0. The Labute approximate surface area is 151 Å². The largest absolute Gasteiger partial charge is 0.369 e. The molecule has 1 saturated heterocycles. The van der Waals surface area contributed by atoms with E-state index in [0.717, 1.165) is 44.8 Å². The van der Waals surface area contributed by atoms with Crippen molar-refractivity contribution in [3.8, 4) is 0 Å². The van der Waals surface area contributed by atoms with Crippen molar-refractivity contribution in [2.45, 2.75) is 13.0 Å². The van der Waals surface area contributed by atoms with Crippen LogP contribution in [0.3, 0.4) is 0 Å². The number of nitrogens with zero attached hydrogens (tertiary/aromatic N) is 5. The van der Waals surface area contributed by atoms with Gasteiger partial charge in [0.25, 0.3) is 0 Å². The minimum Gasteiger partial charge on any atom is -0.369 e. The summed E-state index contributed by atoms with van der Waals surface area (Å²) in [5, 5.41) is 4.36. The second-order valence-electron chi connectivity index (χ2n) is 6.60. The minimum absolute atomic E-state index is 0.0866. The number of hydrogen-bond acceptors (Lipinski definition) is 4. The van der Waals surface area contributed by atoms with Gasteiger partial charge in [-0.15, -0.1) is 5.10 Å². The van der Waals surface area contributed by atoms with E-state index in [1.54, 1.807) is 27.4 Å². The third kappa shape index (κ3) is 3.48. The number of aromatic nitrogens is 3. The summed E-state index contributed by atoms with van der Waals surface area (Å²) in [5.41, 5.74) is 1.54. The van der Waals surface area contributed by atoms with Gasteiger partial charge in [-0.05, 0) is 36.8 Å². The van der Waals surface area contributed by atoms with E-state index >= 15 is 0 Å². The van der Waals surface area contributed by atoms with Crippen LogP contribution in [0, 0.1) is 5.82 Å². The van der Waals surface area contributed by atoms with Crippen molar-refractivity contribution in [2.24, 2.45) is 0 Å². The average molecular weight is 355 g/mol. The molecule has 2 aromatic heterocycles. The third-order valence-corrected chi connectivity index (χ3v) is 4.88. The van der Waals surface area contributed by atoms with Crippen LogP contribution in [0.4, 0.5) is 10.1 Å². The van der Waals surface area contributed by atoms with Crippen molar-refractivity contribution >= 4 is 11.3 Å². The summed E-state index contributed by atoms with van der Waals surface area (Å²) in [6, 6.07) is 12.3. The van der Waals surface area contributed by atoms with Gasteiger partial charge >= 0.3 is 5.69 Å². The van der Waals surface area contributed by atoms with Gasteiger partial charge in [-0.3, -0.25) is 9.30 Å². The fraction of sp³-hybridized carbons (Fsp3) is 0.368. The zero-order valence-electron chi connectivity index (χ0n) is 14.6. The maximum atomic E-state index is 13.4. The van der Waals surface area contributed by atoms with Crippen molar-refractivity contribution in [1.29, 1.82) is 0 Å². The fourth-order valence-electron chi connectivity index (χ4n) is 3.46. The number of hydrogen-bond donors (Lipinski definition) is 0. The lowest BCUT2D eigenvalue weighted by molar-refractivity contribution is 0.248. The van der Waals surface area contributed by atoms with E-state index in [2.05, 4.69) is 14.9 Å². The molecule has 0 saturated carbocycles. The molecule has 3 heterocycles. The molecule has 0 unspecified atom stereocenters. The Morgan fingerprint density at radius 1 is 1.00 bits per heavy atom. The normalized spacial score (nSPS) is 15.7. The predicted molar refractivity (Wildman–Crippen MR) is 99.1 cm³/mol. The first-order chi connectivity index (χ1) is 12.7. The number of aryl methyl sites for hydroxylation is 1. The second-order valence-corrected chi connectivity index (χ2v) is 6.60. The van der Waals surface area contributed by atoms with Gasteiger partial charge in [0.15, 0.2) is 5.65 Å². The Balaban J connectivity index is 1.28. The SMILES string of the molecule is O=c1n(CCCN2CCN(c3cccc(F)c3)CC2)nc2ccccn12. The molecule has 1 aromatic carbocycles. The number of anilines is 1. The third-order valence-electron chi connectivity index (χ3n) is 4.88. The van der Waals surface area contributed by atoms with Gasteiger partial charge in [0.1, 0.15) is 5.82 Å². The van der Waals surface area contributed by atoms with Crippen LogP contribution >= 0.6 is 0 Å². The van der Waals surface area contributed by atoms with Gasteiger partial charge < -0.3 is 4.90 Å². The molecule has 0 spiro atoms. The van der Waals surface area contributed by atoms with Crippen LogP contribution < -0.4 is 10.6 Å². The van der Waals surface area contributed by atoms with Crippen LogP contribution in [0.1, 0.15) is 6.42 Å². The van der Waals surface area contributed by atoms with Gasteiger partial charge in [0.2, 0.25) is 0 Å². The molecule has 0 aliphatic carbocycles. The van der Waals surface area contributed by atoms with Crippen LogP contribution in [0.5, 0.6) is 0 Å². The first kappa shape index (κ1) is 16.8. The van der Waals surface area contributed by atoms with Crippen LogP contribution in [0.2, 0.25) is 0 Å². The molecule has 0 radical (unpaired) electrons. The molecule has 6 nitrogen and oxygen atoms in total. The topological polar surface area (TPSA) is 45.8 Å². The number of piperazine rings is 1. The van der Waals surface area contributed by atoms with Crippen molar-refractivity contribution in [3.63, 3.8) is 0 Å². The van der Waals surface area contributed by atoms with Crippen molar-refractivity contribution in [3.05, 3.63) is 65.0 Å². The Morgan fingerprint density at radius 3 is 2.62 bits per heavy atom. The minimum atomic E-state index is -0.192. The smallest absolute Gasteiger partial charge is 0.350 e. The lowest BCUT2D eigenvalue weighted by Crippen LogP contribution is -2.46. The van der Waals surface area contributed by atoms with Gasteiger partial charge in [-0.2, -0.15) is 0 Å². The molecule has 7 heteroatoms. The first-order valence-electron chi connectivity index (χ1n) is 8.98. The van der Waals surface area contributed by atoms with E-state index in [1.807, 2.05) is 24.3 Å². The highest BCUT2D eigenvalue weighted by atomic mass is 19.1. The Morgan fingerprint density at radius 2 is 1.85 bits per heavy atom. The fourth-order valence-corrected chi connectivity index (χ4v) is 3.46. The quantitative estimate of drug-likeness (QED) is 0.701. The van der Waals surface area contributed by atoms with Crippen LogP contribution in [-0.4, -0.2) is 51.8 Å². The molecular weight excluding hydrogens is 333 g/mol. The molecule has 4 rings (SSSR count). The highest BCUT2D eigenvalue weighted by molar-refractivity contribution is 5.46. The Bertz CT molecular complexity index is 942. The molecule has 3 aromatic rings. The van der Waals surface area contributed by atoms with E-state index in [0.29, 0.717) is 12.2 Å². The molecule has 136 valence electrons. The molecule has 26 heavy (non-hydrogen) atoms. The highest BCUT2D eigenvalue weighted by Gasteiger charge is 2.17. The zero-order valence-corrected chi connectivity index (χ0v) is 14.6. The molecule has 0 bridgehead atoms. The van der Waals surface area contributed by atoms with Gasteiger partial charge in [0, 0.05) is 51.2 Å². The van der Waals surface area contributed by atoms with Crippen molar-refractivity contribution in [2.75, 3.05) is 37.6 Å². The summed E-state index contributed by atoms with van der Waals surface area (Å²) in [7, 11) is 0. The van der Waals surface area contributed by atoms with E-state index < -0.39 is 0 Å². The van der Waals surface area contributed by atoms with Crippen molar-refractivity contribution < 1.29 is 4.39 Å². The number of fused-ring (bicyclic) bond motifs is 1. The lowest BCUT2D eigenvalue weighted by Gasteiger charge is -2.36. The summed E-state index contributed by atoms with van der Waals surface area (Å²) in [6.07, 6.45) is 2.62. The average Bonchev–Trinajstić information content (AvgIpc) is 2.99. The molecule has 0 amide bonds. The van der Waals surface area contributed by atoms with Gasteiger partial charge in [0.05, 0.1) is 0 Å². The molecule has 1 aliphatic heterocycles. The summed E-state index contributed by atoms with van der Waals surface area (Å²) in [5.74, 6) is -0.192. The van der Waals surface area contributed by atoms with Gasteiger partial charge in [-0.1, -0.05) is 12.1 Å². The predicted octanol–water partition coefficient (Wildman–Crippen LogP) is 1.85. The van der Waals surface area contributed by atoms with Crippen LogP contribution in [-0.2, 0) is 6.54 Å². The number of pyridine rings is 1. The molecule has 1 fully saturated rings. The first-order valence-corrected chi connectivity index (χ1v) is 8.98. The zero-order chi connectivity index (χ0) is 17.9. The van der Waals surface area contributed by atoms with E-state index in [1.165, 1.54) is 6.07 Å². The lowest BCUT2D eigenvalue weighted by atomic mass is 10.2. The standard InChI is InChI=1S/C19H22FN5O/c20-16-5-3-6-17(15-16)23-13-11-22(12-14-23)8-4-10-25-19(26)24-9-2-1-7-18(24)21-25/h1-3,5-7,9,15H,4,8,10-14H2. The maximum Gasteiger partial charge on any atom is 0.350 e. The van der Waals surface area contributed by atoms with E-state index in [-0.39, 0.29) is 11.5 Å². The number of halogens is 1. The van der Waals surface area contributed by atoms with Crippen LogP contribution in [0.15, 0.2) is 53.5 Å². The van der Waals surface area contributed by atoms with Gasteiger partial charge in [-0.25, -0.2) is 13.9 Å². The summed E-state index contributed by atoms with van der Waals surface area (Å²) in [6.45, 7) is 5.20. The van der Waals surface area contributed by atoms with E-state index in [9.17, 15) is 9.18 Å². The molecule has 0 N–H and O–H groups in total. The summed E-state index contributed by atoms with van der Waals surface area (Å²) in [4.78, 5) is 16.9. The molecule has 0 atom stereocenters. The number of rotatable bonds is 5. The molecular formula is C19H22FN5O. The van der Waals surface area contributed by atoms with Crippen LogP contribution in [0.25, 0.3) is 5.65 Å². The Kier molecular flexibility index (Phi) is 4.71. The molecule has 1 aliphatic rings.